The lowest BCUT2D eigenvalue weighted by Crippen LogP contribution is -2.25. The van der Waals surface area contributed by atoms with Crippen molar-refractivity contribution < 1.29 is 9.90 Å². The molecule has 0 fully saturated rings. The molecule has 0 heterocycles. The fourth-order valence-corrected chi connectivity index (χ4v) is 2.47. The summed E-state index contributed by atoms with van der Waals surface area (Å²) >= 11 is 0. The lowest BCUT2D eigenvalue weighted by atomic mass is 9.97. The molecule has 3 nitrogen and oxygen atoms in total. The number of nitrogens with one attached hydrogen (secondary N) is 1. The fourth-order valence-electron chi connectivity index (χ4n) is 2.47. The van der Waals surface area contributed by atoms with Gasteiger partial charge >= 0.3 is 0 Å². The van der Waals surface area contributed by atoms with E-state index in [4.69, 9.17) is 0 Å². The number of phenols is 1. The summed E-state index contributed by atoms with van der Waals surface area (Å²) in [6.45, 7) is 2.52. The molecular weight excluding hydrogens is 238 g/mol. The highest BCUT2D eigenvalue weighted by Gasteiger charge is 2.09. The van der Waals surface area contributed by atoms with Crippen LogP contribution in [0.2, 0.25) is 0 Å². The molecule has 1 amide bonds. The van der Waals surface area contributed by atoms with E-state index in [0.717, 1.165) is 12.0 Å². The zero-order valence-electron chi connectivity index (χ0n) is 11.4. The van der Waals surface area contributed by atoms with Crippen molar-refractivity contribution in [3.05, 3.63) is 41.0 Å². The molecule has 2 rings (SSSR count). The van der Waals surface area contributed by atoms with E-state index >= 15 is 0 Å². The Hall–Kier alpha value is -1.77. The maximum atomic E-state index is 12.0. The van der Waals surface area contributed by atoms with Crippen molar-refractivity contribution >= 4 is 5.91 Å². The van der Waals surface area contributed by atoms with Crippen molar-refractivity contribution in [3.63, 3.8) is 0 Å². The molecule has 2 N–H and O–H groups in total. The van der Waals surface area contributed by atoms with Gasteiger partial charge in [0.25, 0.3) is 5.91 Å². The molecule has 0 spiro atoms. The van der Waals surface area contributed by atoms with Crippen molar-refractivity contribution in [2.24, 2.45) is 0 Å². The summed E-state index contributed by atoms with van der Waals surface area (Å²) in [5.74, 6) is 0.135. The van der Waals surface area contributed by atoms with E-state index in [-0.39, 0.29) is 11.7 Å². The first kappa shape index (κ1) is 13.7. The van der Waals surface area contributed by atoms with Crippen molar-refractivity contribution in [3.8, 4) is 5.75 Å². The van der Waals surface area contributed by atoms with Gasteiger partial charge in [-0.25, -0.2) is 0 Å². The number of amides is 1. The molecule has 19 heavy (non-hydrogen) atoms. The molecule has 0 radical (unpaired) electrons. The average Bonchev–Trinajstić information content (AvgIpc) is 2.39. The summed E-state index contributed by atoms with van der Waals surface area (Å²) in [6.07, 6.45) is 8.18. The van der Waals surface area contributed by atoms with E-state index in [1.54, 1.807) is 18.2 Å². The second-order valence-electron chi connectivity index (χ2n) is 5.11. The third-order valence-electron chi connectivity index (χ3n) is 3.57. The molecule has 0 saturated carbocycles. The van der Waals surface area contributed by atoms with Crippen LogP contribution in [0.3, 0.4) is 0 Å². The van der Waals surface area contributed by atoms with Crippen LogP contribution >= 0.6 is 0 Å². The first-order chi connectivity index (χ1) is 9.16. The minimum Gasteiger partial charge on any atom is -0.508 e. The first-order valence-electron chi connectivity index (χ1n) is 6.92. The van der Waals surface area contributed by atoms with Gasteiger partial charge in [-0.3, -0.25) is 4.79 Å². The zero-order chi connectivity index (χ0) is 13.7. The van der Waals surface area contributed by atoms with Gasteiger partial charge < -0.3 is 10.4 Å². The molecule has 0 saturated heterocycles. The number of hydrogen-bond acceptors (Lipinski definition) is 2. The van der Waals surface area contributed by atoms with E-state index in [0.29, 0.717) is 12.1 Å². The van der Waals surface area contributed by atoms with Gasteiger partial charge in [0.15, 0.2) is 0 Å². The van der Waals surface area contributed by atoms with Crippen LogP contribution in [0.4, 0.5) is 0 Å². The van der Waals surface area contributed by atoms with Crippen LogP contribution in [-0.2, 0) is 0 Å². The standard InChI is InChI=1S/C16H21NO2/c1-12-11-14(18)7-8-15(12)16(19)17-10-9-13-5-3-2-4-6-13/h5,7-8,11,18H,2-4,6,9-10H2,1H3,(H,17,19). The molecule has 1 aliphatic rings. The van der Waals surface area contributed by atoms with Crippen molar-refractivity contribution in [1.82, 2.24) is 5.32 Å². The van der Waals surface area contributed by atoms with E-state index < -0.39 is 0 Å². The maximum Gasteiger partial charge on any atom is 0.251 e. The van der Waals surface area contributed by atoms with Crippen molar-refractivity contribution in [2.45, 2.75) is 39.0 Å². The molecule has 1 aromatic carbocycles. The number of aryl methyl sites for hydroxylation is 1. The van der Waals surface area contributed by atoms with Crippen LogP contribution in [0.5, 0.6) is 5.75 Å². The Morgan fingerprint density at radius 2 is 2.21 bits per heavy atom. The third-order valence-corrected chi connectivity index (χ3v) is 3.57. The molecule has 3 heteroatoms. The number of carbonyl (C=O) groups is 1. The number of aromatic hydroxyl groups is 1. The van der Waals surface area contributed by atoms with Crippen LogP contribution in [0.25, 0.3) is 0 Å². The summed E-state index contributed by atoms with van der Waals surface area (Å²) in [7, 11) is 0. The molecule has 0 aliphatic heterocycles. The zero-order valence-corrected chi connectivity index (χ0v) is 11.4. The van der Waals surface area contributed by atoms with E-state index in [1.807, 2.05) is 6.92 Å². The normalized spacial score (nSPS) is 14.9. The van der Waals surface area contributed by atoms with Crippen LogP contribution in [0.15, 0.2) is 29.8 Å². The van der Waals surface area contributed by atoms with Gasteiger partial charge in [-0.15, -0.1) is 0 Å². The molecule has 0 unspecified atom stereocenters. The molecule has 0 aromatic heterocycles. The summed E-state index contributed by atoms with van der Waals surface area (Å²) in [4.78, 5) is 12.0. The predicted octanol–water partition coefficient (Wildman–Crippen LogP) is 3.32. The summed E-state index contributed by atoms with van der Waals surface area (Å²) in [5, 5.41) is 12.3. The second kappa shape index (κ2) is 6.41. The number of allylic oxidation sites excluding steroid dienone is 1. The molecule has 1 aliphatic carbocycles. The van der Waals surface area contributed by atoms with Crippen molar-refractivity contribution in [1.29, 1.82) is 0 Å². The van der Waals surface area contributed by atoms with E-state index in [9.17, 15) is 9.90 Å². The van der Waals surface area contributed by atoms with Crippen LogP contribution in [-0.4, -0.2) is 17.6 Å². The number of phenolic OH excluding ortho intramolecular Hbond substituents is 1. The Kier molecular flexibility index (Phi) is 4.61. The van der Waals surface area contributed by atoms with E-state index in [2.05, 4.69) is 11.4 Å². The molecule has 1 aromatic rings. The smallest absolute Gasteiger partial charge is 0.251 e. The molecule has 102 valence electrons. The molecule has 0 bridgehead atoms. The second-order valence-corrected chi connectivity index (χ2v) is 5.11. The van der Waals surface area contributed by atoms with Gasteiger partial charge in [0.2, 0.25) is 0 Å². The Bertz CT molecular complexity index is 492. The topological polar surface area (TPSA) is 49.3 Å². The van der Waals surface area contributed by atoms with E-state index in [1.165, 1.54) is 31.3 Å². The van der Waals surface area contributed by atoms with Gasteiger partial charge in [0, 0.05) is 12.1 Å². The molecule has 0 atom stereocenters. The largest absolute Gasteiger partial charge is 0.508 e. The summed E-state index contributed by atoms with van der Waals surface area (Å²) in [5.41, 5.74) is 2.90. The van der Waals surface area contributed by atoms with Gasteiger partial charge in [-0.05, 0) is 62.8 Å². The van der Waals surface area contributed by atoms with Gasteiger partial charge in [-0.1, -0.05) is 11.6 Å². The highest BCUT2D eigenvalue weighted by atomic mass is 16.3. The number of rotatable bonds is 4. The predicted molar refractivity (Wildman–Crippen MR) is 76.3 cm³/mol. The Morgan fingerprint density at radius 1 is 1.37 bits per heavy atom. The highest BCUT2D eigenvalue weighted by molar-refractivity contribution is 5.95. The summed E-state index contributed by atoms with van der Waals surface area (Å²) < 4.78 is 0. The van der Waals surface area contributed by atoms with Crippen molar-refractivity contribution in [2.75, 3.05) is 6.54 Å². The fraction of sp³-hybridized carbons (Fsp3) is 0.438. The Labute approximate surface area is 114 Å². The maximum absolute atomic E-state index is 12.0. The Balaban J connectivity index is 1.85. The van der Waals surface area contributed by atoms with Gasteiger partial charge in [0.1, 0.15) is 5.75 Å². The number of benzene rings is 1. The SMILES string of the molecule is Cc1cc(O)ccc1C(=O)NCCC1=CCCCC1. The third kappa shape index (κ3) is 3.85. The lowest BCUT2D eigenvalue weighted by Gasteiger charge is -2.13. The number of hydrogen-bond donors (Lipinski definition) is 2. The number of carbonyl (C=O) groups excluding carboxylic acids is 1. The molecular formula is C16H21NO2. The summed E-state index contributed by atoms with van der Waals surface area (Å²) in [6, 6.07) is 4.82. The average molecular weight is 259 g/mol. The highest BCUT2D eigenvalue weighted by Crippen LogP contribution is 2.19. The monoisotopic (exact) mass is 259 g/mol. The van der Waals surface area contributed by atoms with Crippen LogP contribution in [0.1, 0.15) is 48.0 Å². The van der Waals surface area contributed by atoms with Gasteiger partial charge in [-0.2, -0.15) is 0 Å². The van der Waals surface area contributed by atoms with Crippen LogP contribution in [0, 0.1) is 6.92 Å². The Morgan fingerprint density at radius 3 is 2.89 bits per heavy atom. The lowest BCUT2D eigenvalue weighted by molar-refractivity contribution is 0.0953. The minimum absolute atomic E-state index is 0.0612. The minimum atomic E-state index is -0.0612. The quantitative estimate of drug-likeness (QED) is 0.815. The first-order valence-corrected chi connectivity index (χ1v) is 6.92. The van der Waals surface area contributed by atoms with Gasteiger partial charge in [0.05, 0.1) is 0 Å². The van der Waals surface area contributed by atoms with Crippen LogP contribution < -0.4 is 5.32 Å².